The van der Waals surface area contributed by atoms with E-state index in [0.717, 1.165) is 29.5 Å². The summed E-state index contributed by atoms with van der Waals surface area (Å²) in [6.45, 7) is 1.73. The molecule has 2 N–H and O–H groups in total. The summed E-state index contributed by atoms with van der Waals surface area (Å²) in [5, 5.41) is 6.19. The second-order valence-corrected chi connectivity index (χ2v) is 4.68. The number of amides is 2. The zero-order valence-electron chi connectivity index (χ0n) is 10.2. The fraction of sp³-hybridized carbons (Fsp3) is 0.0833. The van der Waals surface area contributed by atoms with Crippen LogP contribution >= 0.6 is 11.3 Å². The zero-order valence-corrected chi connectivity index (χ0v) is 11.1. The van der Waals surface area contributed by atoms with Crippen LogP contribution in [0.25, 0.3) is 0 Å². The highest BCUT2D eigenvalue weighted by molar-refractivity contribution is 7.14. The van der Waals surface area contributed by atoms with Crippen molar-refractivity contribution in [2.24, 2.45) is 0 Å². The van der Waals surface area contributed by atoms with Crippen LogP contribution in [0.15, 0.2) is 23.6 Å². The Morgan fingerprint density at radius 2 is 1.90 bits per heavy atom. The Hall–Kier alpha value is -2.35. The van der Waals surface area contributed by atoms with Gasteiger partial charge in [-0.25, -0.2) is 13.8 Å². The van der Waals surface area contributed by atoms with Gasteiger partial charge < -0.3 is 5.32 Å². The van der Waals surface area contributed by atoms with Gasteiger partial charge in [0.15, 0.2) is 5.13 Å². The second-order valence-electron chi connectivity index (χ2n) is 3.83. The highest BCUT2D eigenvalue weighted by Crippen LogP contribution is 2.16. The fourth-order valence-electron chi connectivity index (χ4n) is 1.34. The summed E-state index contributed by atoms with van der Waals surface area (Å²) in [7, 11) is 0. The number of benzene rings is 1. The average Bonchev–Trinajstić information content (AvgIpc) is 2.79. The largest absolute Gasteiger partial charge is 0.315 e. The molecule has 2 amide bonds. The normalized spacial score (nSPS) is 10.2. The molecule has 1 heterocycles. The van der Waals surface area contributed by atoms with E-state index in [0.29, 0.717) is 5.69 Å². The number of anilines is 2. The maximum atomic E-state index is 13.3. The SMILES string of the molecule is Cc1csc(NC(=O)C(=O)Nc2cc(F)ccc2F)n1. The predicted octanol–water partition coefficient (Wildman–Crippen LogP) is 2.31. The second kappa shape index (κ2) is 5.74. The standard InChI is InChI=1S/C12H9F2N3O2S/c1-6-5-20-12(15-6)17-11(19)10(18)16-9-4-7(13)2-3-8(9)14/h2-5H,1H3,(H,16,18)(H,15,17,19). The van der Waals surface area contributed by atoms with Crippen molar-refractivity contribution in [1.82, 2.24) is 4.98 Å². The molecule has 0 aliphatic heterocycles. The van der Waals surface area contributed by atoms with Crippen LogP contribution in [0.1, 0.15) is 5.69 Å². The van der Waals surface area contributed by atoms with E-state index in [2.05, 4.69) is 10.3 Å². The molecule has 0 fully saturated rings. The summed E-state index contributed by atoms with van der Waals surface area (Å²) >= 11 is 1.15. The van der Waals surface area contributed by atoms with Crippen LogP contribution in [0.4, 0.5) is 19.6 Å². The molecule has 0 aliphatic rings. The maximum absolute atomic E-state index is 13.3. The van der Waals surface area contributed by atoms with E-state index in [-0.39, 0.29) is 5.13 Å². The molecule has 0 bridgehead atoms. The fourth-order valence-corrected chi connectivity index (χ4v) is 2.02. The summed E-state index contributed by atoms with van der Waals surface area (Å²) in [4.78, 5) is 27.0. The molecule has 0 aliphatic carbocycles. The van der Waals surface area contributed by atoms with Crippen LogP contribution in [0.3, 0.4) is 0 Å². The molecular weight excluding hydrogens is 288 g/mol. The number of hydrogen-bond acceptors (Lipinski definition) is 4. The van der Waals surface area contributed by atoms with Crippen molar-refractivity contribution in [2.75, 3.05) is 10.6 Å². The maximum Gasteiger partial charge on any atom is 0.315 e. The molecule has 20 heavy (non-hydrogen) atoms. The summed E-state index contributed by atoms with van der Waals surface area (Å²) in [5.74, 6) is -3.68. The highest BCUT2D eigenvalue weighted by Gasteiger charge is 2.17. The lowest BCUT2D eigenvalue weighted by Gasteiger charge is -2.05. The quantitative estimate of drug-likeness (QED) is 0.836. The van der Waals surface area contributed by atoms with Gasteiger partial charge in [0.25, 0.3) is 0 Å². The minimum atomic E-state index is -1.11. The molecule has 0 radical (unpaired) electrons. The minimum absolute atomic E-state index is 0.252. The van der Waals surface area contributed by atoms with Crippen molar-refractivity contribution >= 4 is 34.0 Å². The van der Waals surface area contributed by atoms with E-state index in [9.17, 15) is 18.4 Å². The van der Waals surface area contributed by atoms with Crippen LogP contribution in [-0.4, -0.2) is 16.8 Å². The lowest BCUT2D eigenvalue weighted by atomic mass is 10.3. The average molecular weight is 297 g/mol. The number of hydrogen-bond donors (Lipinski definition) is 2. The Balaban J connectivity index is 2.04. The first-order chi connectivity index (χ1) is 9.45. The summed E-state index contributed by atoms with van der Waals surface area (Å²) < 4.78 is 26.2. The highest BCUT2D eigenvalue weighted by atomic mass is 32.1. The molecular formula is C12H9F2N3O2S. The predicted molar refractivity (Wildman–Crippen MR) is 70.5 cm³/mol. The zero-order chi connectivity index (χ0) is 14.7. The molecule has 1 aromatic heterocycles. The number of thiazole rings is 1. The van der Waals surface area contributed by atoms with Crippen molar-refractivity contribution in [1.29, 1.82) is 0 Å². The number of carbonyl (C=O) groups is 2. The Morgan fingerprint density at radius 1 is 1.20 bits per heavy atom. The molecule has 0 unspecified atom stereocenters. The molecule has 2 aromatic rings. The first-order valence-corrected chi connectivity index (χ1v) is 6.33. The summed E-state index contributed by atoms with van der Waals surface area (Å²) in [6.07, 6.45) is 0. The molecule has 0 spiro atoms. The number of halogens is 2. The topological polar surface area (TPSA) is 71.1 Å². The molecule has 0 atom stereocenters. The van der Waals surface area contributed by atoms with Gasteiger partial charge in [0.1, 0.15) is 11.6 Å². The van der Waals surface area contributed by atoms with Crippen LogP contribution in [-0.2, 0) is 9.59 Å². The summed E-state index contributed by atoms with van der Waals surface area (Å²) in [6, 6.07) is 2.55. The molecule has 0 saturated heterocycles. The van der Waals surface area contributed by atoms with Gasteiger partial charge in [0.05, 0.1) is 11.4 Å². The summed E-state index contributed by atoms with van der Waals surface area (Å²) in [5.41, 5.74) is 0.294. The van der Waals surface area contributed by atoms with E-state index >= 15 is 0 Å². The monoisotopic (exact) mass is 297 g/mol. The van der Waals surface area contributed by atoms with Gasteiger partial charge in [-0.15, -0.1) is 11.3 Å². The van der Waals surface area contributed by atoms with Crippen molar-refractivity contribution in [3.8, 4) is 0 Å². The molecule has 2 rings (SSSR count). The van der Waals surface area contributed by atoms with Gasteiger partial charge in [0.2, 0.25) is 0 Å². The van der Waals surface area contributed by atoms with Crippen LogP contribution in [0.2, 0.25) is 0 Å². The first kappa shape index (κ1) is 14.1. The van der Waals surface area contributed by atoms with Crippen molar-refractivity contribution in [3.05, 3.63) is 40.9 Å². The number of nitrogens with zero attached hydrogens (tertiary/aromatic N) is 1. The van der Waals surface area contributed by atoms with Crippen LogP contribution in [0, 0.1) is 18.6 Å². The van der Waals surface area contributed by atoms with Gasteiger partial charge in [-0.2, -0.15) is 0 Å². The number of nitrogens with one attached hydrogen (secondary N) is 2. The van der Waals surface area contributed by atoms with Gasteiger partial charge in [-0.1, -0.05) is 0 Å². The third-order valence-electron chi connectivity index (χ3n) is 2.22. The number of aromatic nitrogens is 1. The smallest absolute Gasteiger partial charge is 0.315 e. The number of rotatable bonds is 2. The lowest BCUT2D eigenvalue weighted by molar-refractivity contribution is -0.133. The van der Waals surface area contributed by atoms with E-state index in [1.807, 2.05) is 5.32 Å². The van der Waals surface area contributed by atoms with Gasteiger partial charge >= 0.3 is 11.8 Å². The lowest BCUT2D eigenvalue weighted by Crippen LogP contribution is -2.29. The van der Waals surface area contributed by atoms with Gasteiger partial charge in [-0.3, -0.25) is 14.9 Å². The van der Waals surface area contributed by atoms with Crippen molar-refractivity contribution in [3.63, 3.8) is 0 Å². The van der Waals surface area contributed by atoms with Gasteiger partial charge in [-0.05, 0) is 19.1 Å². The minimum Gasteiger partial charge on any atom is -0.315 e. The van der Waals surface area contributed by atoms with Crippen LogP contribution in [0.5, 0.6) is 0 Å². The number of aryl methyl sites for hydroxylation is 1. The third kappa shape index (κ3) is 3.35. The first-order valence-electron chi connectivity index (χ1n) is 5.45. The molecule has 5 nitrogen and oxygen atoms in total. The molecule has 0 saturated carbocycles. The van der Waals surface area contributed by atoms with Crippen molar-refractivity contribution < 1.29 is 18.4 Å². The molecule has 104 valence electrons. The van der Waals surface area contributed by atoms with E-state index in [4.69, 9.17) is 0 Å². The van der Waals surface area contributed by atoms with E-state index in [1.165, 1.54) is 0 Å². The Morgan fingerprint density at radius 3 is 2.55 bits per heavy atom. The molecule has 1 aromatic carbocycles. The van der Waals surface area contributed by atoms with E-state index in [1.54, 1.807) is 12.3 Å². The molecule has 8 heteroatoms. The third-order valence-corrected chi connectivity index (χ3v) is 3.10. The Kier molecular flexibility index (Phi) is 4.04. The van der Waals surface area contributed by atoms with Gasteiger partial charge in [0, 0.05) is 11.4 Å². The van der Waals surface area contributed by atoms with Crippen molar-refractivity contribution in [2.45, 2.75) is 6.92 Å². The van der Waals surface area contributed by atoms with Crippen LogP contribution < -0.4 is 10.6 Å². The van der Waals surface area contributed by atoms with E-state index < -0.39 is 29.1 Å². The number of carbonyl (C=O) groups excluding carboxylic acids is 2. The Labute approximate surface area is 116 Å². The Bertz CT molecular complexity index is 672.